The van der Waals surface area contributed by atoms with Crippen molar-refractivity contribution >= 4 is 22.6 Å². The number of carbonyl (C=O) groups is 1. The van der Waals surface area contributed by atoms with Gasteiger partial charge in [-0.15, -0.1) is 0 Å². The number of fused-ring (bicyclic) bond motifs is 1. The molecular weight excluding hydrogens is 298 g/mol. The van der Waals surface area contributed by atoms with Crippen molar-refractivity contribution in [2.24, 2.45) is 0 Å². The molecule has 3 nitrogen and oxygen atoms in total. The topological polar surface area (TPSA) is 31.2 Å². The van der Waals surface area contributed by atoms with Gasteiger partial charge in [0, 0.05) is 17.2 Å². The summed E-state index contributed by atoms with van der Waals surface area (Å²) in [5.41, 5.74) is 4.01. The van der Waals surface area contributed by atoms with Crippen LogP contribution < -0.4 is 0 Å². The summed E-state index contributed by atoms with van der Waals surface area (Å²) in [5.74, 6) is -0.371. The Balaban J connectivity index is 2.13. The first-order chi connectivity index (χ1) is 11.7. The van der Waals surface area contributed by atoms with Crippen LogP contribution in [-0.4, -0.2) is 17.1 Å². The zero-order valence-corrected chi connectivity index (χ0v) is 13.6. The Morgan fingerprint density at radius 1 is 1.12 bits per heavy atom. The van der Waals surface area contributed by atoms with E-state index >= 15 is 0 Å². The second kappa shape index (κ2) is 7.01. The van der Waals surface area contributed by atoms with Gasteiger partial charge in [0.15, 0.2) is 0 Å². The van der Waals surface area contributed by atoms with Gasteiger partial charge < -0.3 is 9.30 Å². The molecular formula is C21H19NO2. The summed E-state index contributed by atoms with van der Waals surface area (Å²) in [4.78, 5) is 11.9. The fraction of sp³-hybridized carbons (Fsp3) is 0.0952. The van der Waals surface area contributed by atoms with Gasteiger partial charge in [0.25, 0.3) is 0 Å². The van der Waals surface area contributed by atoms with Crippen LogP contribution in [0.25, 0.3) is 27.9 Å². The van der Waals surface area contributed by atoms with E-state index in [1.165, 1.54) is 6.08 Å². The standard InChI is InChI=1S/C21H19NO2/c1-3-13-24-21(23)14-16(2)22-19-12-8-7-11-18(19)15-20(22)17-9-5-4-6-10-17/h3-12,14-15H,1,13H2,2H3/b16-14-. The van der Waals surface area contributed by atoms with Crippen molar-refractivity contribution in [3.05, 3.63) is 79.4 Å². The molecule has 3 rings (SSSR count). The smallest absolute Gasteiger partial charge is 0.332 e. The molecule has 0 bridgehead atoms. The molecule has 0 N–H and O–H groups in total. The number of ether oxygens (including phenoxy) is 1. The molecule has 120 valence electrons. The van der Waals surface area contributed by atoms with E-state index in [0.29, 0.717) is 0 Å². The number of rotatable bonds is 5. The molecule has 1 aromatic heterocycles. The minimum atomic E-state index is -0.371. The third-order valence-corrected chi connectivity index (χ3v) is 3.80. The van der Waals surface area contributed by atoms with Gasteiger partial charge in [0.05, 0.1) is 11.2 Å². The Morgan fingerprint density at radius 3 is 2.58 bits per heavy atom. The Bertz CT molecular complexity index is 904. The van der Waals surface area contributed by atoms with Crippen LogP contribution in [-0.2, 0) is 9.53 Å². The van der Waals surface area contributed by atoms with Crippen LogP contribution in [0.4, 0.5) is 0 Å². The van der Waals surface area contributed by atoms with Crippen molar-refractivity contribution in [3.63, 3.8) is 0 Å². The zero-order chi connectivity index (χ0) is 16.9. The second-order valence-corrected chi connectivity index (χ2v) is 5.49. The molecule has 0 spiro atoms. The van der Waals surface area contributed by atoms with E-state index in [0.717, 1.165) is 27.9 Å². The molecule has 1 heterocycles. The maximum absolute atomic E-state index is 11.9. The van der Waals surface area contributed by atoms with Crippen LogP contribution in [0.3, 0.4) is 0 Å². The van der Waals surface area contributed by atoms with E-state index < -0.39 is 0 Å². The van der Waals surface area contributed by atoms with Gasteiger partial charge in [0.2, 0.25) is 0 Å². The van der Waals surface area contributed by atoms with Gasteiger partial charge in [-0.3, -0.25) is 0 Å². The van der Waals surface area contributed by atoms with Crippen LogP contribution in [0.15, 0.2) is 79.4 Å². The number of hydrogen-bond acceptors (Lipinski definition) is 2. The van der Waals surface area contributed by atoms with Crippen molar-refractivity contribution in [1.29, 1.82) is 0 Å². The normalized spacial score (nSPS) is 11.5. The molecule has 2 aromatic carbocycles. The van der Waals surface area contributed by atoms with Crippen LogP contribution >= 0.6 is 0 Å². The number of carbonyl (C=O) groups excluding carboxylic acids is 1. The monoisotopic (exact) mass is 317 g/mol. The molecule has 24 heavy (non-hydrogen) atoms. The van der Waals surface area contributed by atoms with Gasteiger partial charge in [-0.25, -0.2) is 4.79 Å². The van der Waals surface area contributed by atoms with Crippen molar-refractivity contribution in [3.8, 4) is 11.3 Å². The number of para-hydroxylation sites is 1. The third kappa shape index (κ3) is 3.15. The Labute approximate surface area is 141 Å². The molecule has 0 radical (unpaired) electrons. The summed E-state index contributed by atoms with van der Waals surface area (Å²) in [6.45, 7) is 5.67. The van der Waals surface area contributed by atoms with Gasteiger partial charge >= 0.3 is 5.97 Å². The minimum Gasteiger partial charge on any atom is -0.458 e. The average Bonchev–Trinajstić information content (AvgIpc) is 3.00. The van der Waals surface area contributed by atoms with Gasteiger partial charge in [-0.1, -0.05) is 61.2 Å². The summed E-state index contributed by atoms with van der Waals surface area (Å²) in [6, 6.07) is 20.4. The van der Waals surface area contributed by atoms with Crippen molar-refractivity contribution in [1.82, 2.24) is 4.57 Å². The highest BCUT2D eigenvalue weighted by molar-refractivity contribution is 5.94. The first-order valence-electron chi connectivity index (χ1n) is 7.83. The number of aromatic nitrogens is 1. The highest BCUT2D eigenvalue weighted by Gasteiger charge is 2.12. The van der Waals surface area contributed by atoms with Crippen LogP contribution in [0.1, 0.15) is 6.92 Å². The van der Waals surface area contributed by atoms with Crippen molar-refractivity contribution in [2.75, 3.05) is 6.61 Å². The highest BCUT2D eigenvalue weighted by Crippen LogP contribution is 2.31. The van der Waals surface area contributed by atoms with E-state index in [4.69, 9.17) is 4.74 Å². The zero-order valence-electron chi connectivity index (χ0n) is 13.6. The lowest BCUT2D eigenvalue weighted by molar-refractivity contribution is -0.136. The lowest BCUT2D eigenvalue weighted by atomic mass is 10.1. The van der Waals surface area contributed by atoms with E-state index in [1.807, 2.05) is 43.3 Å². The Kier molecular flexibility index (Phi) is 4.62. The summed E-state index contributed by atoms with van der Waals surface area (Å²) in [6.07, 6.45) is 3.07. The molecule has 0 aliphatic heterocycles. The Hall–Kier alpha value is -3.07. The summed E-state index contributed by atoms with van der Waals surface area (Å²) in [5, 5.41) is 1.13. The first kappa shape index (κ1) is 15.8. The molecule has 0 aliphatic carbocycles. The van der Waals surface area contributed by atoms with Crippen LogP contribution in [0.5, 0.6) is 0 Å². The fourth-order valence-electron chi connectivity index (χ4n) is 2.77. The maximum atomic E-state index is 11.9. The SMILES string of the molecule is C=CCOC(=O)/C=C(/C)n1c(-c2ccccc2)cc2ccccc21. The van der Waals surface area contributed by atoms with E-state index in [1.54, 1.807) is 6.08 Å². The van der Waals surface area contributed by atoms with Gasteiger partial charge in [-0.2, -0.15) is 0 Å². The quantitative estimate of drug-likeness (QED) is 0.381. The average molecular weight is 317 g/mol. The van der Waals surface area contributed by atoms with Crippen LogP contribution in [0, 0.1) is 0 Å². The number of benzene rings is 2. The summed E-state index contributed by atoms with van der Waals surface area (Å²) >= 11 is 0. The number of nitrogens with zero attached hydrogens (tertiary/aromatic N) is 1. The molecule has 0 aliphatic rings. The van der Waals surface area contributed by atoms with E-state index in [9.17, 15) is 4.79 Å². The molecule has 0 unspecified atom stereocenters. The van der Waals surface area contributed by atoms with Crippen LogP contribution in [0.2, 0.25) is 0 Å². The van der Waals surface area contributed by atoms with Crippen molar-refractivity contribution < 1.29 is 9.53 Å². The Morgan fingerprint density at radius 2 is 1.83 bits per heavy atom. The second-order valence-electron chi connectivity index (χ2n) is 5.49. The molecule has 0 saturated heterocycles. The maximum Gasteiger partial charge on any atom is 0.332 e. The van der Waals surface area contributed by atoms with E-state index in [2.05, 4.69) is 35.4 Å². The lowest BCUT2D eigenvalue weighted by Gasteiger charge is -2.11. The lowest BCUT2D eigenvalue weighted by Crippen LogP contribution is -2.04. The molecule has 3 heteroatoms. The van der Waals surface area contributed by atoms with Gasteiger partial charge in [-0.05, 0) is 24.6 Å². The predicted molar refractivity (Wildman–Crippen MR) is 98.5 cm³/mol. The molecule has 0 atom stereocenters. The largest absolute Gasteiger partial charge is 0.458 e. The molecule has 3 aromatic rings. The highest BCUT2D eigenvalue weighted by atomic mass is 16.5. The summed E-state index contributed by atoms with van der Waals surface area (Å²) < 4.78 is 7.15. The minimum absolute atomic E-state index is 0.209. The molecule has 0 saturated carbocycles. The van der Waals surface area contributed by atoms with E-state index in [-0.39, 0.29) is 12.6 Å². The third-order valence-electron chi connectivity index (χ3n) is 3.80. The number of esters is 1. The van der Waals surface area contributed by atoms with Gasteiger partial charge in [0.1, 0.15) is 6.61 Å². The molecule has 0 amide bonds. The number of allylic oxidation sites excluding steroid dienone is 1. The fourth-order valence-corrected chi connectivity index (χ4v) is 2.77. The first-order valence-corrected chi connectivity index (χ1v) is 7.83. The predicted octanol–water partition coefficient (Wildman–Crippen LogP) is 4.90. The van der Waals surface area contributed by atoms with Crippen molar-refractivity contribution in [2.45, 2.75) is 6.92 Å². The molecule has 0 fully saturated rings. The number of hydrogen-bond donors (Lipinski definition) is 0. The summed E-state index contributed by atoms with van der Waals surface area (Å²) in [7, 11) is 0.